The second-order valence-corrected chi connectivity index (χ2v) is 6.20. The van der Waals surface area contributed by atoms with Crippen LogP contribution in [0, 0.1) is 17.0 Å². The summed E-state index contributed by atoms with van der Waals surface area (Å²) in [5, 5.41) is 13.4. The summed E-state index contributed by atoms with van der Waals surface area (Å²) in [5.74, 6) is -0.574. The molecule has 0 fully saturated rings. The maximum Gasteiger partial charge on any atom is 0.283 e. The Morgan fingerprint density at radius 2 is 1.70 bits per heavy atom. The number of rotatable bonds is 4. The van der Waals surface area contributed by atoms with Crippen LogP contribution >= 0.6 is 11.8 Å². The first-order chi connectivity index (χ1) is 11.0. The van der Waals surface area contributed by atoms with Crippen molar-refractivity contribution < 1.29 is 14.5 Å². The Balaban J connectivity index is 1.93. The van der Waals surface area contributed by atoms with E-state index in [4.69, 9.17) is 0 Å². The number of nitrogens with zero attached hydrogens (tertiary/aromatic N) is 1. The van der Waals surface area contributed by atoms with Gasteiger partial charge in [-0.2, -0.15) is 0 Å². The maximum atomic E-state index is 11.7. The topological polar surface area (TPSA) is 89.3 Å². The van der Waals surface area contributed by atoms with Crippen molar-refractivity contribution in [2.75, 3.05) is 0 Å². The summed E-state index contributed by atoms with van der Waals surface area (Å²) in [4.78, 5) is 34.4. The highest BCUT2D eigenvalue weighted by Gasteiger charge is 2.31. The number of nitro groups is 1. The van der Waals surface area contributed by atoms with E-state index < -0.39 is 16.7 Å². The lowest BCUT2D eigenvalue weighted by Gasteiger charge is -2.05. The second-order valence-electron chi connectivity index (χ2n) is 5.18. The monoisotopic (exact) mass is 328 g/mol. The van der Waals surface area contributed by atoms with E-state index in [1.165, 1.54) is 23.9 Å². The molecule has 0 saturated carbocycles. The van der Waals surface area contributed by atoms with E-state index in [0.29, 0.717) is 10.6 Å². The fourth-order valence-corrected chi connectivity index (χ4v) is 3.28. The van der Waals surface area contributed by atoms with E-state index in [1.807, 2.05) is 31.2 Å². The quantitative estimate of drug-likeness (QED) is 0.403. The van der Waals surface area contributed by atoms with Crippen molar-refractivity contribution in [3.63, 3.8) is 0 Å². The average molecular weight is 328 g/mol. The number of imide groups is 1. The first-order valence-electron chi connectivity index (χ1n) is 6.82. The summed E-state index contributed by atoms with van der Waals surface area (Å²) in [6.45, 7) is 1.98. The highest BCUT2D eigenvalue weighted by molar-refractivity contribution is 7.98. The molecule has 2 aromatic carbocycles. The van der Waals surface area contributed by atoms with Gasteiger partial charge in [-0.1, -0.05) is 29.8 Å². The van der Waals surface area contributed by atoms with Crippen molar-refractivity contribution in [2.45, 2.75) is 17.6 Å². The number of hydrogen-bond acceptors (Lipinski definition) is 5. The fraction of sp³-hybridized carbons (Fsp3) is 0.125. The van der Waals surface area contributed by atoms with Crippen molar-refractivity contribution in [1.82, 2.24) is 5.32 Å². The van der Waals surface area contributed by atoms with Crippen LogP contribution in [0.2, 0.25) is 0 Å². The Bertz CT molecular complexity index is 831. The van der Waals surface area contributed by atoms with Crippen molar-refractivity contribution in [1.29, 1.82) is 0 Å². The summed E-state index contributed by atoms with van der Waals surface area (Å²) in [6.07, 6.45) is 0. The summed E-state index contributed by atoms with van der Waals surface area (Å²) < 4.78 is 0. The van der Waals surface area contributed by atoms with Gasteiger partial charge < -0.3 is 0 Å². The van der Waals surface area contributed by atoms with E-state index in [9.17, 15) is 19.7 Å². The normalized spacial score (nSPS) is 12.9. The molecule has 0 radical (unpaired) electrons. The molecule has 1 aliphatic rings. The largest absolute Gasteiger partial charge is 0.288 e. The number of amides is 2. The molecule has 0 unspecified atom stereocenters. The van der Waals surface area contributed by atoms with Gasteiger partial charge in [0.25, 0.3) is 17.5 Å². The SMILES string of the molecule is Cc1ccc(CSc2cc3c(cc2[N+](=O)[O-])C(=O)NC3=O)cc1. The van der Waals surface area contributed by atoms with Crippen molar-refractivity contribution in [3.05, 3.63) is 68.8 Å². The van der Waals surface area contributed by atoms with Crippen molar-refractivity contribution in [2.24, 2.45) is 0 Å². The van der Waals surface area contributed by atoms with E-state index in [1.54, 1.807) is 0 Å². The highest BCUT2D eigenvalue weighted by Crippen LogP contribution is 2.35. The van der Waals surface area contributed by atoms with Crippen LogP contribution in [0.4, 0.5) is 5.69 Å². The number of nitro benzene ring substituents is 1. The van der Waals surface area contributed by atoms with Gasteiger partial charge in [-0.05, 0) is 18.6 Å². The van der Waals surface area contributed by atoms with Crippen LogP contribution in [0.15, 0.2) is 41.3 Å². The van der Waals surface area contributed by atoms with Gasteiger partial charge in [0.1, 0.15) is 0 Å². The first kappa shape index (κ1) is 15.2. The zero-order valence-corrected chi connectivity index (χ0v) is 13.0. The van der Waals surface area contributed by atoms with Crippen LogP contribution in [-0.4, -0.2) is 16.7 Å². The third kappa shape index (κ3) is 2.95. The number of thioether (sulfide) groups is 1. The Morgan fingerprint density at radius 3 is 2.30 bits per heavy atom. The number of aryl methyl sites for hydroxylation is 1. The number of benzene rings is 2. The van der Waals surface area contributed by atoms with Crippen molar-refractivity contribution in [3.8, 4) is 0 Å². The minimum absolute atomic E-state index is 0.0568. The molecular weight excluding hydrogens is 316 g/mol. The molecule has 0 aromatic heterocycles. The molecule has 116 valence electrons. The number of hydrogen-bond donors (Lipinski definition) is 1. The lowest BCUT2D eigenvalue weighted by Crippen LogP contribution is -2.19. The number of fused-ring (bicyclic) bond motifs is 1. The summed E-state index contributed by atoms with van der Waals surface area (Å²) >= 11 is 1.27. The number of nitrogens with one attached hydrogen (secondary N) is 1. The predicted molar refractivity (Wildman–Crippen MR) is 85.6 cm³/mol. The summed E-state index contributed by atoms with van der Waals surface area (Å²) in [6, 6.07) is 10.5. The summed E-state index contributed by atoms with van der Waals surface area (Å²) in [5.41, 5.74) is 2.24. The van der Waals surface area contributed by atoms with Crippen LogP contribution in [0.1, 0.15) is 31.8 Å². The third-order valence-corrected chi connectivity index (χ3v) is 4.64. The maximum absolute atomic E-state index is 11.7. The molecule has 0 atom stereocenters. The van der Waals surface area contributed by atoms with Gasteiger partial charge in [-0.25, -0.2) is 0 Å². The lowest BCUT2D eigenvalue weighted by atomic mass is 10.1. The van der Waals surface area contributed by atoms with Gasteiger partial charge in [-0.15, -0.1) is 11.8 Å². The molecule has 7 heteroatoms. The molecule has 2 amide bonds. The molecule has 2 aromatic rings. The fourth-order valence-electron chi connectivity index (χ4n) is 2.29. The van der Waals surface area contributed by atoms with Crippen LogP contribution in [0.25, 0.3) is 0 Å². The molecule has 1 aliphatic heterocycles. The molecule has 1 N–H and O–H groups in total. The van der Waals surface area contributed by atoms with E-state index in [-0.39, 0.29) is 16.8 Å². The lowest BCUT2D eigenvalue weighted by molar-refractivity contribution is -0.387. The Hall–Kier alpha value is -2.67. The van der Waals surface area contributed by atoms with E-state index in [0.717, 1.165) is 11.1 Å². The van der Waals surface area contributed by atoms with Crippen LogP contribution in [0.3, 0.4) is 0 Å². The molecule has 0 spiro atoms. The predicted octanol–water partition coefficient (Wildman–Crippen LogP) is 3.08. The van der Waals surface area contributed by atoms with Gasteiger partial charge in [0.05, 0.1) is 20.9 Å². The Labute approximate surface area is 136 Å². The van der Waals surface area contributed by atoms with Gasteiger partial charge in [0.15, 0.2) is 0 Å². The van der Waals surface area contributed by atoms with Gasteiger partial charge in [-0.3, -0.25) is 25.0 Å². The molecule has 3 rings (SSSR count). The first-order valence-corrected chi connectivity index (χ1v) is 7.81. The van der Waals surface area contributed by atoms with Gasteiger partial charge in [0.2, 0.25) is 0 Å². The standard InChI is InChI=1S/C16H12N2O4S/c1-9-2-4-10(5-3-9)8-23-14-7-12-11(6-13(14)18(21)22)15(19)17-16(12)20/h2-7H,8H2,1H3,(H,17,19,20). The number of carbonyl (C=O) groups is 2. The zero-order chi connectivity index (χ0) is 16.6. The highest BCUT2D eigenvalue weighted by atomic mass is 32.2. The molecule has 0 aliphatic carbocycles. The van der Waals surface area contributed by atoms with Crippen molar-refractivity contribution >= 4 is 29.3 Å². The van der Waals surface area contributed by atoms with Gasteiger partial charge >= 0.3 is 0 Å². The molecule has 6 nitrogen and oxygen atoms in total. The second kappa shape index (κ2) is 5.85. The minimum Gasteiger partial charge on any atom is -0.288 e. The van der Waals surface area contributed by atoms with Crippen LogP contribution in [0.5, 0.6) is 0 Å². The Morgan fingerprint density at radius 1 is 1.09 bits per heavy atom. The number of carbonyl (C=O) groups excluding carboxylic acids is 2. The molecule has 1 heterocycles. The Kier molecular flexibility index (Phi) is 3.87. The molecular formula is C16H12N2O4S. The minimum atomic E-state index is -0.594. The van der Waals surface area contributed by atoms with E-state index in [2.05, 4.69) is 5.32 Å². The van der Waals surface area contributed by atoms with Crippen LogP contribution in [-0.2, 0) is 5.75 Å². The van der Waals surface area contributed by atoms with E-state index >= 15 is 0 Å². The summed E-state index contributed by atoms with van der Waals surface area (Å²) in [7, 11) is 0. The smallest absolute Gasteiger partial charge is 0.283 e. The average Bonchev–Trinajstić information content (AvgIpc) is 2.80. The van der Waals surface area contributed by atoms with Crippen LogP contribution < -0.4 is 5.32 Å². The zero-order valence-electron chi connectivity index (χ0n) is 12.2. The van der Waals surface area contributed by atoms with Gasteiger partial charge in [0, 0.05) is 11.8 Å². The third-order valence-electron chi connectivity index (χ3n) is 3.53. The molecule has 23 heavy (non-hydrogen) atoms. The molecule has 0 saturated heterocycles. The molecule has 0 bridgehead atoms.